The van der Waals surface area contributed by atoms with Crippen molar-refractivity contribution in [3.63, 3.8) is 0 Å². The molecule has 2 rings (SSSR count). The van der Waals surface area contributed by atoms with Crippen LogP contribution >= 0.6 is 0 Å². The minimum absolute atomic E-state index is 0.240. The normalized spacial score (nSPS) is 12.3. The second kappa shape index (κ2) is 7.09. The number of rotatable bonds is 7. The van der Waals surface area contributed by atoms with Crippen molar-refractivity contribution in [2.45, 2.75) is 25.8 Å². The van der Waals surface area contributed by atoms with Crippen LogP contribution in [-0.2, 0) is 4.79 Å². The van der Waals surface area contributed by atoms with E-state index in [1.165, 1.54) is 16.3 Å². The molecule has 0 fully saturated rings. The molecule has 2 aromatic rings. The summed E-state index contributed by atoms with van der Waals surface area (Å²) in [5.74, 6) is 0.622. The lowest BCUT2D eigenvalue weighted by Crippen LogP contribution is -2.21. The largest absolute Gasteiger partial charge is 0.497 e. The van der Waals surface area contributed by atoms with Crippen LogP contribution in [0.3, 0.4) is 0 Å². The Morgan fingerprint density at radius 3 is 2.67 bits per heavy atom. The van der Waals surface area contributed by atoms with Crippen molar-refractivity contribution >= 4 is 16.7 Å². The number of ether oxygens (including phenoxy) is 1. The first-order valence-corrected chi connectivity index (χ1v) is 7.19. The first-order chi connectivity index (χ1) is 10.1. The number of amides is 1. The molecular weight excluding hydrogens is 264 g/mol. The minimum Gasteiger partial charge on any atom is -0.497 e. The lowest BCUT2D eigenvalue weighted by molar-refractivity contribution is -0.118. The Morgan fingerprint density at radius 2 is 1.95 bits per heavy atom. The standard InChI is InChI=1S/C17H22N2O2/c1-12(19-9-3-4-17(18)20)13-5-6-15-11-16(21-2)8-7-14(15)10-13/h5-8,10-12,19H,3-4,9H2,1-2H3,(H2,18,20). The van der Waals surface area contributed by atoms with Crippen molar-refractivity contribution in [2.75, 3.05) is 13.7 Å². The second-order valence-electron chi connectivity index (χ2n) is 5.22. The van der Waals surface area contributed by atoms with Gasteiger partial charge in [0.05, 0.1) is 7.11 Å². The van der Waals surface area contributed by atoms with Gasteiger partial charge in [-0.05, 0) is 54.4 Å². The van der Waals surface area contributed by atoms with E-state index in [1.807, 2.05) is 12.1 Å². The van der Waals surface area contributed by atoms with Crippen molar-refractivity contribution in [1.29, 1.82) is 0 Å². The molecular formula is C17H22N2O2. The van der Waals surface area contributed by atoms with Gasteiger partial charge in [-0.25, -0.2) is 0 Å². The van der Waals surface area contributed by atoms with Crippen LogP contribution in [0.1, 0.15) is 31.4 Å². The maximum atomic E-state index is 10.7. The van der Waals surface area contributed by atoms with E-state index in [0.717, 1.165) is 18.7 Å². The molecule has 0 aliphatic heterocycles. The van der Waals surface area contributed by atoms with Crippen LogP contribution in [0, 0.1) is 0 Å². The van der Waals surface area contributed by atoms with E-state index < -0.39 is 0 Å². The van der Waals surface area contributed by atoms with Gasteiger partial charge in [0.25, 0.3) is 0 Å². The molecule has 1 unspecified atom stereocenters. The van der Waals surface area contributed by atoms with Gasteiger partial charge in [-0.2, -0.15) is 0 Å². The smallest absolute Gasteiger partial charge is 0.217 e. The molecule has 4 heteroatoms. The zero-order chi connectivity index (χ0) is 15.2. The number of hydrogen-bond donors (Lipinski definition) is 2. The molecule has 0 aromatic heterocycles. The van der Waals surface area contributed by atoms with E-state index in [4.69, 9.17) is 10.5 Å². The van der Waals surface area contributed by atoms with Gasteiger partial charge in [-0.1, -0.05) is 18.2 Å². The van der Waals surface area contributed by atoms with E-state index in [-0.39, 0.29) is 11.9 Å². The summed E-state index contributed by atoms with van der Waals surface area (Å²) in [5.41, 5.74) is 6.36. The lowest BCUT2D eigenvalue weighted by Gasteiger charge is -2.15. The summed E-state index contributed by atoms with van der Waals surface area (Å²) >= 11 is 0. The number of carbonyl (C=O) groups is 1. The highest BCUT2D eigenvalue weighted by atomic mass is 16.5. The van der Waals surface area contributed by atoms with Gasteiger partial charge in [0.15, 0.2) is 0 Å². The summed E-state index contributed by atoms with van der Waals surface area (Å²) in [5, 5.41) is 5.77. The summed E-state index contributed by atoms with van der Waals surface area (Å²) in [7, 11) is 1.67. The molecule has 0 aliphatic carbocycles. The summed E-state index contributed by atoms with van der Waals surface area (Å²) in [4.78, 5) is 10.7. The Hall–Kier alpha value is -2.07. The quantitative estimate of drug-likeness (QED) is 0.769. The van der Waals surface area contributed by atoms with Crippen LogP contribution in [0.2, 0.25) is 0 Å². The molecule has 112 valence electrons. The first kappa shape index (κ1) is 15.3. The molecule has 1 amide bonds. The zero-order valence-corrected chi connectivity index (χ0v) is 12.6. The maximum absolute atomic E-state index is 10.7. The molecule has 1 atom stereocenters. The average molecular weight is 286 g/mol. The van der Waals surface area contributed by atoms with E-state index in [0.29, 0.717) is 6.42 Å². The summed E-state index contributed by atoms with van der Waals surface area (Å²) in [6.45, 7) is 2.90. The third-order valence-electron chi connectivity index (χ3n) is 3.62. The number of methoxy groups -OCH3 is 1. The van der Waals surface area contributed by atoms with Crippen LogP contribution in [0.25, 0.3) is 10.8 Å². The Labute approximate surface area is 125 Å². The van der Waals surface area contributed by atoms with Crippen LogP contribution in [-0.4, -0.2) is 19.6 Å². The summed E-state index contributed by atoms with van der Waals surface area (Å²) < 4.78 is 5.23. The number of carbonyl (C=O) groups excluding carboxylic acids is 1. The molecule has 0 spiro atoms. The maximum Gasteiger partial charge on any atom is 0.217 e. The fraction of sp³-hybridized carbons (Fsp3) is 0.353. The fourth-order valence-electron chi connectivity index (χ4n) is 2.34. The third-order valence-corrected chi connectivity index (χ3v) is 3.62. The Balaban J connectivity index is 2.02. The van der Waals surface area contributed by atoms with Crippen molar-refractivity contribution in [2.24, 2.45) is 5.73 Å². The predicted molar refractivity (Wildman–Crippen MR) is 85.3 cm³/mol. The Morgan fingerprint density at radius 1 is 1.24 bits per heavy atom. The number of hydrogen-bond acceptors (Lipinski definition) is 3. The summed E-state index contributed by atoms with van der Waals surface area (Å²) in [6.07, 6.45) is 1.20. The van der Waals surface area contributed by atoms with Crippen LogP contribution in [0.5, 0.6) is 5.75 Å². The Bertz CT molecular complexity index is 625. The monoisotopic (exact) mass is 286 g/mol. The number of benzene rings is 2. The summed E-state index contributed by atoms with van der Waals surface area (Å²) in [6, 6.07) is 12.7. The van der Waals surface area contributed by atoms with Gasteiger partial charge in [0.1, 0.15) is 5.75 Å². The van der Waals surface area contributed by atoms with Crippen LogP contribution < -0.4 is 15.8 Å². The van der Waals surface area contributed by atoms with Crippen molar-refractivity contribution in [3.8, 4) is 5.75 Å². The number of nitrogens with two attached hydrogens (primary N) is 1. The fourth-order valence-corrected chi connectivity index (χ4v) is 2.34. The van der Waals surface area contributed by atoms with Gasteiger partial charge < -0.3 is 15.8 Å². The van der Waals surface area contributed by atoms with E-state index in [2.05, 4.69) is 36.5 Å². The van der Waals surface area contributed by atoms with Crippen molar-refractivity contribution < 1.29 is 9.53 Å². The van der Waals surface area contributed by atoms with Crippen LogP contribution in [0.15, 0.2) is 36.4 Å². The highest BCUT2D eigenvalue weighted by Crippen LogP contribution is 2.24. The van der Waals surface area contributed by atoms with Crippen LogP contribution in [0.4, 0.5) is 0 Å². The number of nitrogens with one attached hydrogen (secondary N) is 1. The molecule has 2 aromatic carbocycles. The highest BCUT2D eigenvalue weighted by molar-refractivity contribution is 5.84. The van der Waals surface area contributed by atoms with Crippen molar-refractivity contribution in [3.05, 3.63) is 42.0 Å². The highest BCUT2D eigenvalue weighted by Gasteiger charge is 2.06. The molecule has 0 aliphatic rings. The van der Waals surface area contributed by atoms with Gasteiger partial charge in [-0.3, -0.25) is 4.79 Å². The topological polar surface area (TPSA) is 64.3 Å². The minimum atomic E-state index is -0.246. The molecule has 21 heavy (non-hydrogen) atoms. The van der Waals surface area contributed by atoms with E-state index >= 15 is 0 Å². The third kappa shape index (κ3) is 4.20. The van der Waals surface area contributed by atoms with E-state index in [9.17, 15) is 4.79 Å². The van der Waals surface area contributed by atoms with Gasteiger partial charge in [0.2, 0.25) is 5.91 Å². The first-order valence-electron chi connectivity index (χ1n) is 7.19. The van der Waals surface area contributed by atoms with E-state index in [1.54, 1.807) is 7.11 Å². The SMILES string of the molecule is COc1ccc2cc(C(C)NCCCC(N)=O)ccc2c1. The van der Waals surface area contributed by atoms with Gasteiger partial charge in [0, 0.05) is 12.5 Å². The molecule has 0 bridgehead atoms. The second-order valence-corrected chi connectivity index (χ2v) is 5.22. The molecule has 0 heterocycles. The molecule has 0 radical (unpaired) electrons. The molecule has 4 nitrogen and oxygen atoms in total. The average Bonchev–Trinajstić information content (AvgIpc) is 2.50. The molecule has 3 N–H and O–H groups in total. The zero-order valence-electron chi connectivity index (χ0n) is 12.6. The number of primary amides is 1. The predicted octanol–water partition coefficient (Wildman–Crippen LogP) is 2.76. The van der Waals surface area contributed by atoms with Crippen molar-refractivity contribution in [1.82, 2.24) is 5.32 Å². The number of fused-ring (bicyclic) bond motifs is 1. The molecule has 0 saturated carbocycles. The van der Waals surface area contributed by atoms with Gasteiger partial charge >= 0.3 is 0 Å². The lowest BCUT2D eigenvalue weighted by atomic mass is 10.0. The molecule has 0 saturated heterocycles. The van der Waals surface area contributed by atoms with Gasteiger partial charge in [-0.15, -0.1) is 0 Å². The Kier molecular flexibility index (Phi) is 5.17.